The normalized spacial score (nSPS) is 20.7. The fourth-order valence-electron chi connectivity index (χ4n) is 2.12. The van der Waals surface area contributed by atoms with Crippen molar-refractivity contribution < 1.29 is 0 Å². The molecule has 0 saturated heterocycles. The number of H-pyrrole nitrogens is 1. The third kappa shape index (κ3) is 2.15. The van der Waals surface area contributed by atoms with Gasteiger partial charge in [-0.05, 0) is 31.7 Å². The van der Waals surface area contributed by atoms with Gasteiger partial charge in [0.15, 0.2) is 0 Å². The van der Waals surface area contributed by atoms with Crippen molar-refractivity contribution in [2.45, 2.75) is 32.2 Å². The van der Waals surface area contributed by atoms with E-state index in [2.05, 4.69) is 22.2 Å². The van der Waals surface area contributed by atoms with Crippen molar-refractivity contribution in [3.63, 3.8) is 0 Å². The molecule has 1 aromatic rings. The quantitative estimate of drug-likeness (QED) is 0.745. The third-order valence-corrected chi connectivity index (χ3v) is 3.34. The van der Waals surface area contributed by atoms with Crippen LogP contribution in [-0.2, 0) is 6.42 Å². The Morgan fingerprint density at radius 1 is 1.64 bits per heavy atom. The zero-order chi connectivity index (χ0) is 9.97. The maximum Gasteiger partial charge on any atom is 0.107 e. The molecule has 1 saturated carbocycles. The van der Waals surface area contributed by atoms with E-state index < -0.39 is 0 Å². The number of hydrogen-bond acceptors (Lipinski definition) is 2. The van der Waals surface area contributed by atoms with E-state index in [9.17, 15) is 0 Å². The SMILES string of the molecule is CNC(Cc1ncc[nH]1)C(C)C1CC1. The van der Waals surface area contributed by atoms with Crippen LogP contribution in [0.3, 0.4) is 0 Å². The molecule has 1 aliphatic carbocycles. The standard InChI is InChI=1S/C11H19N3/c1-8(9-3-4-9)10(12-2)7-11-13-5-6-14-11/h5-6,8-10,12H,3-4,7H2,1-2H3,(H,13,14). The second-order valence-electron chi connectivity index (χ2n) is 4.33. The molecule has 0 aromatic carbocycles. The molecule has 0 spiro atoms. The van der Waals surface area contributed by atoms with Gasteiger partial charge in [0, 0.05) is 24.9 Å². The molecule has 14 heavy (non-hydrogen) atoms. The van der Waals surface area contributed by atoms with E-state index in [1.165, 1.54) is 12.8 Å². The Morgan fingerprint density at radius 2 is 2.43 bits per heavy atom. The first-order valence-corrected chi connectivity index (χ1v) is 5.46. The number of aromatic nitrogens is 2. The first-order valence-electron chi connectivity index (χ1n) is 5.46. The van der Waals surface area contributed by atoms with Gasteiger partial charge < -0.3 is 10.3 Å². The molecule has 2 N–H and O–H groups in total. The summed E-state index contributed by atoms with van der Waals surface area (Å²) < 4.78 is 0. The molecular weight excluding hydrogens is 174 g/mol. The Bertz CT molecular complexity index is 264. The number of rotatable bonds is 5. The summed E-state index contributed by atoms with van der Waals surface area (Å²) >= 11 is 0. The summed E-state index contributed by atoms with van der Waals surface area (Å²) in [5, 5.41) is 3.40. The highest BCUT2D eigenvalue weighted by Crippen LogP contribution is 2.38. The average Bonchev–Trinajstić information content (AvgIpc) is 2.93. The Morgan fingerprint density at radius 3 is 2.93 bits per heavy atom. The van der Waals surface area contributed by atoms with Gasteiger partial charge in [0.25, 0.3) is 0 Å². The van der Waals surface area contributed by atoms with Gasteiger partial charge in [-0.2, -0.15) is 0 Å². The van der Waals surface area contributed by atoms with E-state index in [0.29, 0.717) is 6.04 Å². The predicted octanol–water partition coefficient (Wildman–Crippen LogP) is 1.59. The number of imidazole rings is 1. The second-order valence-corrected chi connectivity index (χ2v) is 4.33. The number of nitrogens with one attached hydrogen (secondary N) is 2. The van der Waals surface area contributed by atoms with Gasteiger partial charge >= 0.3 is 0 Å². The molecule has 0 bridgehead atoms. The zero-order valence-electron chi connectivity index (χ0n) is 8.96. The van der Waals surface area contributed by atoms with Gasteiger partial charge in [-0.15, -0.1) is 0 Å². The van der Waals surface area contributed by atoms with Crippen molar-refractivity contribution in [2.24, 2.45) is 11.8 Å². The number of nitrogens with zero attached hydrogens (tertiary/aromatic N) is 1. The van der Waals surface area contributed by atoms with Crippen molar-refractivity contribution in [3.8, 4) is 0 Å². The van der Waals surface area contributed by atoms with E-state index in [1.807, 2.05) is 19.4 Å². The molecule has 3 nitrogen and oxygen atoms in total. The summed E-state index contributed by atoms with van der Waals surface area (Å²) in [6.07, 6.45) is 7.56. The van der Waals surface area contributed by atoms with E-state index >= 15 is 0 Å². The molecule has 2 rings (SSSR count). The summed E-state index contributed by atoms with van der Waals surface area (Å²) in [6.45, 7) is 2.35. The maximum atomic E-state index is 4.27. The monoisotopic (exact) mass is 193 g/mol. The number of likely N-dealkylation sites (N-methyl/N-ethyl adjacent to an activating group) is 1. The van der Waals surface area contributed by atoms with Crippen LogP contribution < -0.4 is 5.32 Å². The van der Waals surface area contributed by atoms with E-state index in [4.69, 9.17) is 0 Å². The lowest BCUT2D eigenvalue weighted by Gasteiger charge is -2.22. The number of aromatic amines is 1. The van der Waals surface area contributed by atoms with E-state index in [1.54, 1.807) is 0 Å². The second kappa shape index (κ2) is 4.13. The molecule has 0 aliphatic heterocycles. The minimum Gasteiger partial charge on any atom is -0.349 e. The lowest BCUT2D eigenvalue weighted by molar-refractivity contribution is 0.354. The molecule has 0 amide bonds. The first-order chi connectivity index (χ1) is 6.81. The summed E-state index contributed by atoms with van der Waals surface area (Å²) in [4.78, 5) is 7.44. The van der Waals surface area contributed by atoms with Crippen molar-refractivity contribution in [1.82, 2.24) is 15.3 Å². The summed E-state index contributed by atoms with van der Waals surface area (Å²) in [5.74, 6) is 2.81. The van der Waals surface area contributed by atoms with Gasteiger partial charge in [-0.25, -0.2) is 4.98 Å². The minimum atomic E-state index is 0.564. The van der Waals surface area contributed by atoms with Gasteiger partial charge in [0.1, 0.15) is 5.82 Å². The highest BCUT2D eigenvalue weighted by atomic mass is 14.9. The Kier molecular flexibility index (Phi) is 2.87. The molecule has 1 heterocycles. The zero-order valence-corrected chi connectivity index (χ0v) is 8.96. The van der Waals surface area contributed by atoms with Gasteiger partial charge in [0.2, 0.25) is 0 Å². The number of hydrogen-bond donors (Lipinski definition) is 2. The van der Waals surface area contributed by atoms with E-state index in [-0.39, 0.29) is 0 Å². The molecule has 1 aromatic heterocycles. The molecule has 3 heteroatoms. The smallest absolute Gasteiger partial charge is 0.107 e. The van der Waals surface area contributed by atoms with Crippen molar-refractivity contribution in [2.75, 3.05) is 7.05 Å². The maximum absolute atomic E-state index is 4.27. The van der Waals surface area contributed by atoms with Crippen LogP contribution in [0, 0.1) is 11.8 Å². The highest BCUT2D eigenvalue weighted by Gasteiger charge is 2.32. The molecule has 2 atom stereocenters. The van der Waals surface area contributed by atoms with Crippen molar-refractivity contribution in [1.29, 1.82) is 0 Å². The van der Waals surface area contributed by atoms with Crippen LogP contribution in [-0.4, -0.2) is 23.1 Å². The minimum absolute atomic E-state index is 0.564. The summed E-state index contributed by atoms with van der Waals surface area (Å²) in [5.41, 5.74) is 0. The Labute approximate surface area is 85.3 Å². The van der Waals surface area contributed by atoms with Crippen molar-refractivity contribution in [3.05, 3.63) is 18.2 Å². The van der Waals surface area contributed by atoms with Gasteiger partial charge in [-0.3, -0.25) is 0 Å². The van der Waals surface area contributed by atoms with Gasteiger partial charge in [-0.1, -0.05) is 6.92 Å². The highest BCUT2D eigenvalue weighted by molar-refractivity contribution is 4.95. The van der Waals surface area contributed by atoms with Crippen LogP contribution in [0.2, 0.25) is 0 Å². The molecule has 0 radical (unpaired) electrons. The van der Waals surface area contributed by atoms with Crippen LogP contribution >= 0.6 is 0 Å². The molecule has 1 fully saturated rings. The first kappa shape index (κ1) is 9.71. The van der Waals surface area contributed by atoms with Gasteiger partial charge in [0.05, 0.1) is 0 Å². The van der Waals surface area contributed by atoms with Crippen LogP contribution in [0.25, 0.3) is 0 Å². The summed E-state index contributed by atoms with van der Waals surface area (Å²) in [7, 11) is 2.05. The molecule has 1 aliphatic rings. The predicted molar refractivity (Wildman–Crippen MR) is 57.0 cm³/mol. The molecule has 78 valence electrons. The van der Waals surface area contributed by atoms with Crippen LogP contribution in [0.5, 0.6) is 0 Å². The van der Waals surface area contributed by atoms with Crippen LogP contribution in [0.4, 0.5) is 0 Å². The summed E-state index contributed by atoms with van der Waals surface area (Å²) in [6, 6.07) is 0.564. The molecule has 2 unspecified atom stereocenters. The Balaban J connectivity index is 1.92. The third-order valence-electron chi connectivity index (χ3n) is 3.34. The fraction of sp³-hybridized carbons (Fsp3) is 0.727. The van der Waals surface area contributed by atoms with Crippen molar-refractivity contribution >= 4 is 0 Å². The fourth-order valence-corrected chi connectivity index (χ4v) is 2.12. The average molecular weight is 193 g/mol. The van der Waals surface area contributed by atoms with Crippen LogP contribution in [0.1, 0.15) is 25.6 Å². The largest absolute Gasteiger partial charge is 0.349 e. The van der Waals surface area contributed by atoms with Crippen LogP contribution in [0.15, 0.2) is 12.4 Å². The van der Waals surface area contributed by atoms with E-state index in [0.717, 1.165) is 24.1 Å². The lowest BCUT2D eigenvalue weighted by atomic mass is 9.94. The Hall–Kier alpha value is -0.830. The topological polar surface area (TPSA) is 40.7 Å². The molecular formula is C11H19N3. The lowest BCUT2D eigenvalue weighted by Crippen LogP contribution is -2.35.